The van der Waals surface area contributed by atoms with Crippen molar-refractivity contribution in [1.82, 2.24) is 9.13 Å². The first-order chi connectivity index (χ1) is 18.4. The fourth-order valence-corrected chi connectivity index (χ4v) is 6.41. The number of hydrogen-bond acceptors (Lipinski definition) is 6. The summed E-state index contributed by atoms with van der Waals surface area (Å²) in [6.07, 6.45) is 6.61. The van der Waals surface area contributed by atoms with Crippen molar-refractivity contribution in [3.8, 4) is 11.5 Å². The molecule has 4 aromatic rings. The summed E-state index contributed by atoms with van der Waals surface area (Å²) in [5.74, 6) is 1.42. The van der Waals surface area contributed by atoms with Crippen molar-refractivity contribution < 1.29 is 19.1 Å². The maximum atomic E-state index is 12.4. The van der Waals surface area contributed by atoms with Gasteiger partial charge >= 0.3 is 0 Å². The fraction of sp³-hybridized carbons (Fsp3) is 0.429. The van der Waals surface area contributed by atoms with Crippen molar-refractivity contribution in [2.24, 2.45) is 24.1 Å². The number of ether oxygens (including phenoxy) is 2. The monoisotopic (exact) mass is 554 g/mol. The molecule has 0 unspecified atom stereocenters. The Balaban J connectivity index is 1.16. The molecule has 0 aliphatic rings. The summed E-state index contributed by atoms with van der Waals surface area (Å²) in [7, 11) is 7.14. The van der Waals surface area contributed by atoms with Gasteiger partial charge in [-0.25, -0.2) is 0 Å². The van der Waals surface area contributed by atoms with Gasteiger partial charge in [-0.2, -0.15) is 9.98 Å². The van der Waals surface area contributed by atoms with E-state index in [1.807, 2.05) is 59.6 Å². The summed E-state index contributed by atoms with van der Waals surface area (Å²) in [5, 5.41) is 0. The van der Waals surface area contributed by atoms with Gasteiger partial charge in [-0.1, -0.05) is 48.4 Å². The Morgan fingerprint density at radius 2 is 1.08 bits per heavy atom. The van der Waals surface area contributed by atoms with Crippen molar-refractivity contribution >= 4 is 54.9 Å². The molecule has 2 heterocycles. The molecule has 2 amide bonds. The Labute approximate surface area is 229 Å². The number of carbonyl (C=O) groups is 2. The molecule has 0 fully saturated rings. The molecule has 4 rings (SSSR count). The topological polar surface area (TPSA) is 87.2 Å². The number of aryl methyl sites for hydroxylation is 2. The van der Waals surface area contributed by atoms with Crippen LogP contribution in [0.15, 0.2) is 46.4 Å². The van der Waals surface area contributed by atoms with Crippen LogP contribution >= 0.6 is 22.7 Å². The molecule has 0 bridgehead atoms. The minimum atomic E-state index is -0.0841. The number of benzene rings is 2. The highest BCUT2D eigenvalue weighted by molar-refractivity contribution is 7.16. The third kappa shape index (κ3) is 6.79. The lowest BCUT2D eigenvalue weighted by molar-refractivity contribution is -0.119. The van der Waals surface area contributed by atoms with Crippen LogP contribution in [-0.2, 0) is 23.7 Å². The second-order valence-electron chi connectivity index (χ2n) is 9.19. The summed E-state index contributed by atoms with van der Waals surface area (Å²) < 4.78 is 16.6. The Morgan fingerprint density at radius 1 is 0.684 bits per heavy atom. The van der Waals surface area contributed by atoms with E-state index in [2.05, 4.69) is 9.98 Å². The molecule has 0 saturated carbocycles. The lowest BCUT2D eigenvalue weighted by Crippen LogP contribution is -2.13. The van der Waals surface area contributed by atoms with Gasteiger partial charge in [0, 0.05) is 26.9 Å². The number of amides is 2. The average Bonchev–Trinajstić information content (AvgIpc) is 3.39. The first-order valence-corrected chi connectivity index (χ1v) is 14.4. The molecule has 0 N–H and O–H groups in total. The van der Waals surface area contributed by atoms with Gasteiger partial charge < -0.3 is 18.6 Å². The van der Waals surface area contributed by atoms with Crippen LogP contribution < -0.4 is 19.1 Å². The molecule has 38 heavy (non-hydrogen) atoms. The molecule has 10 heteroatoms. The number of thiazole rings is 2. The van der Waals surface area contributed by atoms with E-state index in [4.69, 9.17) is 9.47 Å². The molecule has 0 spiro atoms. The van der Waals surface area contributed by atoms with Crippen LogP contribution in [0.4, 0.5) is 0 Å². The minimum absolute atomic E-state index is 0.0841. The van der Waals surface area contributed by atoms with Gasteiger partial charge in [0.2, 0.25) is 11.8 Å². The van der Waals surface area contributed by atoms with Gasteiger partial charge in [-0.15, -0.1) is 0 Å². The van der Waals surface area contributed by atoms with Crippen molar-refractivity contribution in [1.29, 1.82) is 0 Å². The van der Waals surface area contributed by atoms with Gasteiger partial charge in [0.15, 0.2) is 9.60 Å². The van der Waals surface area contributed by atoms with E-state index in [0.29, 0.717) is 22.4 Å². The van der Waals surface area contributed by atoms with E-state index in [1.54, 1.807) is 14.2 Å². The van der Waals surface area contributed by atoms with Crippen LogP contribution in [0.2, 0.25) is 0 Å². The number of nitrogens with zero attached hydrogens (tertiary/aromatic N) is 4. The Bertz CT molecular complexity index is 1460. The fourth-order valence-electron chi connectivity index (χ4n) is 4.28. The third-order valence-corrected chi connectivity index (χ3v) is 8.69. The molecule has 2 aromatic carbocycles. The van der Waals surface area contributed by atoms with E-state index in [0.717, 1.165) is 70.5 Å². The molecular weight excluding hydrogens is 520 g/mol. The smallest absolute Gasteiger partial charge is 0.248 e. The number of fused-ring (bicyclic) bond motifs is 2. The predicted molar refractivity (Wildman–Crippen MR) is 153 cm³/mol. The predicted octanol–water partition coefficient (Wildman–Crippen LogP) is 5.49. The number of aromatic nitrogens is 2. The highest BCUT2D eigenvalue weighted by Crippen LogP contribution is 2.23. The maximum Gasteiger partial charge on any atom is 0.248 e. The number of rotatable bonds is 11. The molecule has 0 saturated heterocycles. The molecular formula is C28H34N4O4S2. The highest BCUT2D eigenvalue weighted by Gasteiger charge is 2.08. The molecule has 0 aliphatic heterocycles. The Hall–Kier alpha value is -3.24. The van der Waals surface area contributed by atoms with Crippen molar-refractivity contribution in [2.75, 3.05) is 14.2 Å². The largest absolute Gasteiger partial charge is 0.497 e. The van der Waals surface area contributed by atoms with Gasteiger partial charge in [0.05, 0.1) is 34.7 Å². The lowest BCUT2D eigenvalue weighted by atomic mass is 10.1. The van der Waals surface area contributed by atoms with Crippen molar-refractivity contribution in [3.63, 3.8) is 0 Å². The van der Waals surface area contributed by atoms with E-state index < -0.39 is 0 Å². The summed E-state index contributed by atoms with van der Waals surface area (Å²) in [5.41, 5.74) is 2.07. The van der Waals surface area contributed by atoms with Crippen LogP contribution in [0.1, 0.15) is 51.4 Å². The highest BCUT2D eigenvalue weighted by atomic mass is 32.1. The zero-order chi connectivity index (χ0) is 27.1. The first-order valence-electron chi connectivity index (χ1n) is 12.8. The number of carbonyl (C=O) groups excluding carboxylic acids is 2. The summed E-state index contributed by atoms with van der Waals surface area (Å²) in [6, 6.07) is 11.7. The number of hydrogen-bond donors (Lipinski definition) is 0. The van der Waals surface area contributed by atoms with Crippen LogP contribution in [0, 0.1) is 0 Å². The SMILES string of the molecule is COc1ccc2c(c1)sc(=NC(=O)CCCCCCCCC(=O)N=c1sc3cc(OC)ccc3n1C)n2C. The Kier molecular flexibility index (Phi) is 9.52. The second-order valence-corrected chi connectivity index (χ2v) is 11.2. The molecule has 0 aliphatic carbocycles. The number of methoxy groups -OCH3 is 2. The van der Waals surface area contributed by atoms with Gasteiger partial charge in [-0.05, 0) is 49.2 Å². The van der Waals surface area contributed by atoms with E-state index >= 15 is 0 Å². The minimum Gasteiger partial charge on any atom is -0.497 e. The van der Waals surface area contributed by atoms with Crippen molar-refractivity contribution in [2.45, 2.75) is 51.4 Å². The Morgan fingerprint density at radius 3 is 1.47 bits per heavy atom. The first kappa shape index (κ1) is 27.8. The van der Waals surface area contributed by atoms with E-state index in [9.17, 15) is 9.59 Å². The molecule has 2 aromatic heterocycles. The molecule has 202 valence electrons. The number of unbranched alkanes of at least 4 members (excludes halogenated alkanes) is 5. The summed E-state index contributed by atoms with van der Waals surface area (Å²) in [4.78, 5) is 34.8. The lowest BCUT2D eigenvalue weighted by Gasteiger charge is -2.00. The van der Waals surface area contributed by atoms with E-state index in [-0.39, 0.29) is 11.8 Å². The normalized spacial score (nSPS) is 12.5. The van der Waals surface area contributed by atoms with Gasteiger partial charge in [0.25, 0.3) is 0 Å². The standard InChI is InChI=1S/C28H34N4O4S2/c1-31-21-15-13-19(35-3)17-23(21)37-27(31)29-25(33)11-9-7-5-6-8-10-12-26(34)30-28-32(2)22-16-14-20(36-4)18-24(22)38-28/h13-18H,5-12H2,1-4H3. The van der Waals surface area contributed by atoms with Crippen molar-refractivity contribution in [3.05, 3.63) is 46.0 Å². The maximum absolute atomic E-state index is 12.4. The van der Waals surface area contributed by atoms with E-state index in [1.165, 1.54) is 22.7 Å². The van der Waals surface area contributed by atoms with Crippen LogP contribution in [-0.4, -0.2) is 35.2 Å². The zero-order valence-corrected chi connectivity index (χ0v) is 24.0. The summed E-state index contributed by atoms with van der Waals surface area (Å²) in [6.45, 7) is 0. The van der Waals surface area contributed by atoms with Crippen LogP contribution in [0.5, 0.6) is 11.5 Å². The molecule has 0 radical (unpaired) electrons. The van der Waals surface area contributed by atoms with Crippen LogP contribution in [0.25, 0.3) is 20.4 Å². The summed E-state index contributed by atoms with van der Waals surface area (Å²) >= 11 is 2.99. The van der Waals surface area contributed by atoms with Gasteiger partial charge in [0.1, 0.15) is 11.5 Å². The second kappa shape index (κ2) is 13.0. The average molecular weight is 555 g/mol. The van der Waals surface area contributed by atoms with Gasteiger partial charge in [-0.3, -0.25) is 9.59 Å². The van der Waals surface area contributed by atoms with Crippen LogP contribution in [0.3, 0.4) is 0 Å². The third-order valence-electron chi connectivity index (χ3n) is 6.50. The quantitative estimate of drug-likeness (QED) is 0.230. The molecule has 0 atom stereocenters. The molecule has 8 nitrogen and oxygen atoms in total. The zero-order valence-electron chi connectivity index (χ0n) is 22.4.